The average Bonchev–Trinajstić information content (AvgIpc) is 2.78. The highest BCUT2D eigenvalue weighted by Gasteiger charge is 2.27. The van der Waals surface area contributed by atoms with Crippen LogP contribution in [0.4, 0.5) is 0 Å². The highest BCUT2D eigenvalue weighted by Crippen LogP contribution is 2.14. The molecule has 4 nitrogen and oxygen atoms in total. The van der Waals surface area contributed by atoms with Gasteiger partial charge >= 0.3 is 0 Å². The van der Waals surface area contributed by atoms with Crippen molar-refractivity contribution in [1.29, 1.82) is 0 Å². The second-order valence-corrected chi connectivity index (χ2v) is 9.78. The van der Waals surface area contributed by atoms with Gasteiger partial charge in [-0.3, -0.25) is 14.5 Å². The molecular weight excluding hydrogens is 396 g/mol. The highest BCUT2D eigenvalue weighted by molar-refractivity contribution is 5.97. The molecule has 188 valence electrons. The number of carbonyl (C=O) groups is 2. The second kappa shape index (κ2) is 21.7. The zero-order chi connectivity index (χ0) is 24.0. The van der Waals surface area contributed by atoms with Gasteiger partial charge in [-0.2, -0.15) is 0 Å². The number of amides is 2. The van der Waals surface area contributed by atoms with Gasteiger partial charge in [0.05, 0.1) is 6.04 Å². The Kier molecular flexibility index (Phi) is 20.9. The summed E-state index contributed by atoms with van der Waals surface area (Å²) in [5.41, 5.74) is 6.02. The molecule has 0 radical (unpaired) electrons. The van der Waals surface area contributed by atoms with E-state index in [2.05, 4.69) is 13.5 Å². The molecule has 0 spiro atoms. The van der Waals surface area contributed by atoms with E-state index in [0.29, 0.717) is 19.4 Å². The summed E-state index contributed by atoms with van der Waals surface area (Å²) in [6.07, 6.45) is 23.6. The molecule has 0 fully saturated rings. The third kappa shape index (κ3) is 16.5. The molecule has 0 saturated carbocycles. The van der Waals surface area contributed by atoms with Gasteiger partial charge < -0.3 is 5.73 Å². The first-order valence-corrected chi connectivity index (χ1v) is 13.7. The molecule has 0 aliphatic heterocycles. The predicted octanol–water partition coefficient (Wildman–Crippen LogP) is 7.55. The van der Waals surface area contributed by atoms with Gasteiger partial charge in [-0.25, -0.2) is 0 Å². The quantitative estimate of drug-likeness (QED) is 0.137. The summed E-state index contributed by atoms with van der Waals surface area (Å²) in [7, 11) is 0. The molecule has 0 unspecified atom stereocenters. The first kappa shape index (κ1) is 30.8. The lowest BCUT2D eigenvalue weighted by molar-refractivity contribution is -0.146. The van der Waals surface area contributed by atoms with Crippen LogP contribution in [0.25, 0.3) is 0 Å². The summed E-state index contributed by atoms with van der Waals surface area (Å²) < 4.78 is 0. The van der Waals surface area contributed by atoms with E-state index in [-0.39, 0.29) is 17.7 Å². The third-order valence-electron chi connectivity index (χ3n) is 6.37. The van der Waals surface area contributed by atoms with E-state index in [1.54, 1.807) is 6.08 Å². The van der Waals surface area contributed by atoms with Crippen molar-refractivity contribution in [3.63, 3.8) is 0 Å². The fraction of sp³-hybridized carbons (Fsp3) is 0.857. The van der Waals surface area contributed by atoms with Crippen LogP contribution in [0.15, 0.2) is 12.7 Å². The zero-order valence-electron chi connectivity index (χ0n) is 21.7. The standard InChI is InChI=1S/C28H54N2O2/c1-5-7-9-10-11-12-13-14-15-16-17-18-19-20-21-22-24-30(26(31)23-8-6-2)28(32)27(29)25(3)4/h6,25,27H,2,5,7-24,29H2,1,3-4H3/t27-/m0/s1. The summed E-state index contributed by atoms with van der Waals surface area (Å²) in [5.74, 6) is -0.315. The lowest BCUT2D eigenvalue weighted by atomic mass is 10.0. The number of imide groups is 1. The molecule has 1 atom stereocenters. The lowest BCUT2D eigenvalue weighted by Crippen LogP contribution is -2.49. The summed E-state index contributed by atoms with van der Waals surface area (Å²) in [5, 5.41) is 0. The monoisotopic (exact) mass is 450 g/mol. The Balaban J connectivity index is 3.81. The first-order chi connectivity index (χ1) is 15.5. The molecule has 0 aromatic carbocycles. The average molecular weight is 451 g/mol. The molecular formula is C28H54N2O2. The number of nitrogens with zero attached hydrogens (tertiary/aromatic N) is 1. The summed E-state index contributed by atoms with van der Waals surface area (Å²) >= 11 is 0. The smallest absolute Gasteiger partial charge is 0.246 e. The van der Waals surface area contributed by atoms with Crippen LogP contribution in [-0.4, -0.2) is 29.3 Å². The molecule has 2 amide bonds. The van der Waals surface area contributed by atoms with Gasteiger partial charge in [0.2, 0.25) is 11.8 Å². The van der Waals surface area contributed by atoms with Crippen LogP contribution in [0.2, 0.25) is 0 Å². The molecule has 0 heterocycles. The van der Waals surface area contributed by atoms with E-state index >= 15 is 0 Å². The Morgan fingerprint density at radius 2 is 1.19 bits per heavy atom. The Bertz CT molecular complexity index is 476. The maximum atomic E-state index is 12.6. The summed E-state index contributed by atoms with van der Waals surface area (Å²) in [4.78, 5) is 26.5. The number of allylic oxidation sites excluding steroid dienone is 1. The maximum Gasteiger partial charge on any atom is 0.246 e. The van der Waals surface area contributed by atoms with Gasteiger partial charge in [0, 0.05) is 13.0 Å². The van der Waals surface area contributed by atoms with Gasteiger partial charge in [-0.15, -0.1) is 6.58 Å². The van der Waals surface area contributed by atoms with E-state index in [1.165, 1.54) is 94.8 Å². The minimum atomic E-state index is -0.608. The van der Waals surface area contributed by atoms with E-state index in [4.69, 9.17) is 5.73 Å². The molecule has 4 heteroatoms. The molecule has 32 heavy (non-hydrogen) atoms. The molecule has 0 aromatic rings. The van der Waals surface area contributed by atoms with Crippen molar-refractivity contribution in [2.75, 3.05) is 6.54 Å². The van der Waals surface area contributed by atoms with Crippen molar-refractivity contribution < 1.29 is 9.59 Å². The Labute approximate surface area is 199 Å². The number of carbonyl (C=O) groups excluding carboxylic acids is 2. The topological polar surface area (TPSA) is 63.4 Å². The van der Waals surface area contributed by atoms with Crippen LogP contribution >= 0.6 is 0 Å². The van der Waals surface area contributed by atoms with Crippen molar-refractivity contribution in [3.8, 4) is 0 Å². The Morgan fingerprint density at radius 3 is 1.56 bits per heavy atom. The maximum absolute atomic E-state index is 12.6. The third-order valence-corrected chi connectivity index (χ3v) is 6.37. The van der Waals surface area contributed by atoms with Crippen LogP contribution in [0, 0.1) is 5.92 Å². The van der Waals surface area contributed by atoms with Crippen LogP contribution < -0.4 is 5.73 Å². The minimum Gasteiger partial charge on any atom is -0.320 e. The van der Waals surface area contributed by atoms with Crippen molar-refractivity contribution in [3.05, 3.63) is 12.7 Å². The first-order valence-electron chi connectivity index (χ1n) is 13.7. The predicted molar refractivity (Wildman–Crippen MR) is 139 cm³/mol. The Morgan fingerprint density at radius 1 is 0.781 bits per heavy atom. The van der Waals surface area contributed by atoms with Crippen LogP contribution in [0.3, 0.4) is 0 Å². The van der Waals surface area contributed by atoms with Crippen molar-refractivity contribution in [2.24, 2.45) is 11.7 Å². The molecule has 0 aliphatic carbocycles. The van der Waals surface area contributed by atoms with E-state index in [0.717, 1.165) is 12.8 Å². The molecule has 2 N–H and O–H groups in total. The number of unbranched alkanes of at least 4 members (excludes halogenated alkanes) is 15. The van der Waals surface area contributed by atoms with Crippen LogP contribution in [-0.2, 0) is 9.59 Å². The van der Waals surface area contributed by atoms with E-state index in [9.17, 15) is 9.59 Å². The summed E-state index contributed by atoms with van der Waals surface area (Å²) in [6.45, 7) is 10.3. The van der Waals surface area contributed by atoms with Crippen molar-refractivity contribution in [2.45, 2.75) is 142 Å². The molecule has 0 aliphatic rings. The van der Waals surface area contributed by atoms with E-state index < -0.39 is 6.04 Å². The second-order valence-electron chi connectivity index (χ2n) is 9.78. The molecule has 0 saturated heterocycles. The number of hydrogen-bond donors (Lipinski definition) is 1. The number of hydrogen-bond acceptors (Lipinski definition) is 3. The largest absolute Gasteiger partial charge is 0.320 e. The number of nitrogens with two attached hydrogens (primary N) is 1. The van der Waals surface area contributed by atoms with Gasteiger partial charge in [0.1, 0.15) is 0 Å². The van der Waals surface area contributed by atoms with E-state index in [1.807, 2.05) is 13.8 Å². The van der Waals surface area contributed by atoms with Gasteiger partial charge in [-0.05, 0) is 18.8 Å². The lowest BCUT2D eigenvalue weighted by Gasteiger charge is -2.25. The SMILES string of the molecule is C=CCCC(=O)N(CCCCCCCCCCCCCCCCCC)C(=O)[C@@H](N)C(C)C. The molecule has 0 rings (SSSR count). The van der Waals surface area contributed by atoms with Gasteiger partial charge in [0.25, 0.3) is 0 Å². The minimum absolute atomic E-state index is 0.0306. The Hall–Kier alpha value is -1.16. The van der Waals surface area contributed by atoms with Gasteiger partial charge in [-0.1, -0.05) is 123 Å². The van der Waals surface area contributed by atoms with Crippen LogP contribution in [0.1, 0.15) is 136 Å². The fourth-order valence-corrected chi connectivity index (χ4v) is 4.00. The van der Waals surface area contributed by atoms with Gasteiger partial charge in [0.15, 0.2) is 0 Å². The zero-order valence-corrected chi connectivity index (χ0v) is 21.7. The summed E-state index contributed by atoms with van der Waals surface area (Å²) in [6, 6.07) is -0.608. The molecule has 0 aromatic heterocycles. The van der Waals surface area contributed by atoms with Crippen LogP contribution in [0.5, 0.6) is 0 Å². The number of rotatable bonds is 22. The molecule has 0 bridgehead atoms. The normalized spacial score (nSPS) is 12.2. The highest BCUT2D eigenvalue weighted by atomic mass is 16.2. The van der Waals surface area contributed by atoms with Crippen molar-refractivity contribution >= 4 is 11.8 Å². The fourth-order valence-electron chi connectivity index (χ4n) is 4.00. The van der Waals surface area contributed by atoms with Crippen molar-refractivity contribution in [1.82, 2.24) is 4.90 Å².